The second kappa shape index (κ2) is 11.1. The van der Waals surface area contributed by atoms with Gasteiger partial charge in [-0.15, -0.1) is 24.0 Å². The Bertz CT molecular complexity index is 627. The molecule has 6 heteroatoms. The predicted molar refractivity (Wildman–Crippen MR) is 112 cm³/mol. The van der Waals surface area contributed by atoms with Crippen LogP contribution in [0.2, 0.25) is 0 Å². The van der Waals surface area contributed by atoms with Crippen molar-refractivity contribution in [3.05, 3.63) is 59.5 Å². The lowest BCUT2D eigenvalue weighted by molar-refractivity contribution is 0.158. The Balaban J connectivity index is 0.00000312. The zero-order valence-corrected chi connectivity index (χ0v) is 17.4. The molecule has 25 heavy (non-hydrogen) atoms. The van der Waals surface area contributed by atoms with Crippen LogP contribution in [0.15, 0.2) is 52.1 Å². The summed E-state index contributed by atoms with van der Waals surface area (Å²) in [6.45, 7) is 5.97. The molecule has 0 aliphatic carbocycles. The van der Waals surface area contributed by atoms with Gasteiger partial charge in [-0.05, 0) is 36.6 Å². The number of hydrogen-bond acceptors (Lipinski definition) is 3. The molecule has 2 rings (SSSR count). The third kappa shape index (κ3) is 6.70. The van der Waals surface area contributed by atoms with Crippen molar-refractivity contribution in [2.75, 3.05) is 20.1 Å². The number of hydrogen-bond donors (Lipinski definition) is 2. The lowest BCUT2D eigenvalue weighted by Gasteiger charge is -2.22. The molecule has 2 aromatic rings. The van der Waals surface area contributed by atoms with Crippen LogP contribution in [0.3, 0.4) is 0 Å². The maximum atomic E-state index is 10.1. The van der Waals surface area contributed by atoms with Crippen molar-refractivity contribution in [1.82, 2.24) is 10.2 Å². The molecule has 0 aliphatic rings. The normalized spacial score (nSPS) is 12.4. The Morgan fingerprint density at radius 2 is 1.88 bits per heavy atom. The topological polar surface area (TPSA) is 61.0 Å². The van der Waals surface area contributed by atoms with E-state index in [9.17, 15) is 5.11 Å². The molecule has 0 amide bonds. The zero-order chi connectivity index (χ0) is 17.4. The van der Waals surface area contributed by atoms with Crippen molar-refractivity contribution in [1.29, 1.82) is 0 Å². The predicted octanol–water partition coefficient (Wildman–Crippen LogP) is 3.59. The van der Waals surface area contributed by atoms with Gasteiger partial charge in [-0.2, -0.15) is 0 Å². The van der Waals surface area contributed by atoms with Crippen molar-refractivity contribution in [2.45, 2.75) is 32.9 Å². The van der Waals surface area contributed by atoms with Gasteiger partial charge in [0.2, 0.25) is 0 Å². The summed E-state index contributed by atoms with van der Waals surface area (Å²) < 4.78 is 5.21. The summed E-state index contributed by atoms with van der Waals surface area (Å²) in [5.74, 6) is 1.30. The molecule has 1 aromatic heterocycles. The maximum absolute atomic E-state index is 10.1. The molecule has 1 heterocycles. The highest BCUT2D eigenvalue weighted by Gasteiger charge is 2.12. The van der Waals surface area contributed by atoms with Gasteiger partial charge in [0, 0.05) is 20.1 Å². The molecular formula is C19H28IN3O2. The number of aliphatic imine (C=N–C) groups is 1. The van der Waals surface area contributed by atoms with Crippen LogP contribution in [0, 0.1) is 0 Å². The van der Waals surface area contributed by atoms with Crippen LogP contribution in [-0.4, -0.2) is 36.1 Å². The summed E-state index contributed by atoms with van der Waals surface area (Å²) in [5, 5.41) is 13.4. The summed E-state index contributed by atoms with van der Waals surface area (Å²) in [4.78, 5) is 6.58. The fraction of sp³-hybridized carbons (Fsp3) is 0.421. The molecule has 0 saturated carbocycles. The molecular weight excluding hydrogens is 429 g/mol. The first kappa shape index (κ1) is 21.5. The van der Waals surface area contributed by atoms with Crippen LogP contribution in [0.25, 0.3) is 0 Å². The number of nitrogens with one attached hydrogen (secondary N) is 1. The SMILES string of the molecule is CCNC(=NCC(O)c1ccco1)N(C)Cc1ccc(CC)cc1.I. The number of aliphatic hydroxyl groups is 1. The van der Waals surface area contributed by atoms with Gasteiger partial charge in [-0.1, -0.05) is 31.2 Å². The van der Waals surface area contributed by atoms with Crippen LogP contribution in [-0.2, 0) is 13.0 Å². The first-order chi connectivity index (χ1) is 11.6. The van der Waals surface area contributed by atoms with Gasteiger partial charge in [0.15, 0.2) is 5.96 Å². The number of guanidine groups is 1. The molecule has 0 saturated heterocycles. The summed E-state index contributed by atoms with van der Waals surface area (Å²) >= 11 is 0. The van der Waals surface area contributed by atoms with E-state index in [2.05, 4.69) is 46.4 Å². The number of aliphatic hydroxyl groups excluding tert-OH is 1. The summed E-state index contributed by atoms with van der Waals surface area (Å²) in [7, 11) is 1.99. The van der Waals surface area contributed by atoms with Crippen molar-refractivity contribution in [3.8, 4) is 0 Å². The molecule has 0 fully saturated rings. The van der Waals surface area contributed by atoms with E-state index in [-0.39, 0.29) is 30.5 Å². The fourth-order valence-corrected chi connectivity index (χ4v) is 2.44. The molecule has 0 radical (unpaired) electrons. The van der Waals surface area contributed by atoms with E-state index in [0.717, 1.165) is 25.5 Å². The van der Waals surface area contributed by atoms with E-state index < -0.39 is 6.10 Å². The van der Waals surface area contributed by atoms with Gasteiger partial charge in [-0.25, -0.2) is 4.99 Å². The smallest absolute Gasteiger partial charge is 0.194 e. The molecule has 0 spiro atoms. The number of rotatable bonds is 7. The van der Waals surface area contributed by atoms with Gasteiger partial charge < -0.3 is 19.7 Å². The molecule has 0 aliphatic heterocycles. The minimum atomic E-state index is -0.731. The Morgan fingerprint density at radius 1 is 1.20 bits per heavy atom. The number of halogens is 1. The van der Waals surface area contributed by atoms with Crippen molar-refractivity contribution >= 4 is 29.9 Å². The summed E-state index contributed by atoms with van der Waals surface area (Å²) in [6, 6.07) is 12.1. The Kier molecular flexibility index (Phi) is 9.59. The number of furan rings is 1. The highest BCUT2D eigenvalue weighted by Crippen LogP contribution is 2.13. The zero-order valence-electron chi connectivity index (χ0n) is 15.1. The van der Waals surface area contributed by atoms with Crippen molar-refractivity contribution < 1.29 is 9.52 Å². The third-order valence-electron chi connectivity index (χ3n) is 3.83. The molecule has 2 N–H and O–H groups in total. The monoisotopic (exact) mass is 457 g/mol. The van der Waals surface area contributed by atoms with Crippen LogP contribution in [0.4, 0.5) is 0 Å². The van der Waals surface area contributed by atoms with E-state index in [1.54, 1.807) is 18.4 Å². The standard InChI is InChI=1S/C19H27N3O2.HI/c1-4-15-8-10-16(11-9-15)14-22(3)19(20-5-2)21-13-17(23)18-7-6-12-24-18;/h6-12,17,23H,4-5,13-14H2,1-3H3,(H,20,21);1H. The summed E-state index contributed by atoms with van der Waals surface area (Å²) in [5.41, 5.74) is 2.57. The average molecular weight is 457 g/mol. The van der Waals surface area contributed by atoms with Gasteiger partial charge in [0.05, 0.1) is 12.8 Å². The van der Waals surface area contributed by atoms with Crippen LogP contribution < -0.4 is 5.32 Å². The number of aryl methyl sites for hydroxylation is 1. The first-order valence-electron chi connectivity index (χ1n) is 8.42. The van der Waals surface area contributed by atoms with Crippen molar-refractivity contribution in [3.63, 3.8) is 0 Å². The van der Waals surface area contributed by atoms with E-state index in [4.69, 9.17) is 4.42 Å². The number of nitrogens with zero attached hydrogens (tertiary/aromatic N) is 2. The van der Waals surface area contributed by atoms with Crippen LogP contribution in [0.5, 0.6) is 0 Å². The van der Waals surface area contributed by atoms with E-state index in [1.807, 2.05) is 14.0 Å². The van der Waals surface area contributed by atoms with Gasteiger partial charge in [0.25, 0.3) is 0 Å². The second-order valence-corrected chi connectivity index (χ2v) is 5.75. The minimum absolute atomic E-state index is 0. The Labute approximate surface area is 167 Å². The Hall–Kier alpha value is -1.54. The highest BCUT2D eigenvalue weighted by atomic mass is 127. The minimum Gasteiger partial charge on any atom is -0.467 e. The average Bonchev–Trinajstić information content (AvgIpc) is 3.13. The molecule has 1 atom stereocenters. The quantitative estimate of drug-likeness (QED) is 0.379. The number of benzene rings is 1. The van der Waals surface area contributed by atoms with Crippen LogP contribution in [0.1, 0.15) is 36.8 Å². The van der Waals surface area contributed by atoms with Gasteiger partial charge >= 0.3 is 0 Å². The highest BCUT2D eigenvalue weighted by molar-refractivity contribution is 14.0. The van der Waals surface area contributed by atoms with Crippen LogP contribution >= 0.6 is 24.0 Å². The van der Waals surface area contributed by atoms with Crippen molar-refractivity contribution in [2.24, 2.45) is 4.99 Å². The van der Waals surface area contributed by atoms with E-state index >= 15 is 0 Å². The maximum Gasteiger partial charge on any atom is 0.194 e. The second-order valence-electron chi connectivity index (χ2n) is 5.75. The first-order valence-corrected chi connectivity index (χ1v) is 8.42. The Morgan fingerprint density at radius 3 is 2.44 bits per heavy atom. The largest absolute Gasteiger partial charge is 0.467 e. The molecule has 1 unspecified atom stereocenters. The fourth-order valence-electron chi connectivity index (χ4n) is 2.44. The molecule has 138 valence electrons. The van der Waals surface area contributed by atoms with Gasteiger partial charge in [-0.3, -0.25) is 0 Å². The van der Waals surface area contributed by atoms with E-state index in [0.29, 0.717) is 5.76 Å². The molecule has 0 bridgehead atoms. The molecule has 1 aromatic carbocycles. The lowest BCUT2D eigenvalue weighted by Crippen LogP contribution is -2.38. The molecule has 5 nitrogen and oxygen atoms in total. The third-order valence-corrected chi connectivity index (χ3v) is 3.83. The van der Waals surface area contributed by atoms with Gasteiger partial charge in [0.1, 0.15) is 11.9 Å². The lowest BCUT2D eigenvalue weighted by atomic mass is 10.1. The van der Waals surface area contributed by atoms with E-state index in [1.165, 1.54) is 11.1 Å². The summed E-state index contributed by atoms with van der Waals surface area (Å²) in [6.07, 6.45) is 1.87.